The molecule has 2 rings (SSSR count). The zero-order chi connectivity index (χ0) is 12.3. The summed E-state index contributed by atoms with van der Waals surface area (Å²) in [4.78, 5) is 0. The quantitative estimate of drug-likeness (QED) is 0.709. The minimum absolute atomic E-state index is 0.393. The monoisotopic (exact) mass is 230 g/mol. The van der Waals surface area contributed by atoms with E-state index in [0.717, 1.165) is 5.92 Å². The molecule has 2 heteroatoms. The maximum atomic E-state index is 3.95. The fourth-order valence-electron chi connectivity index (χ4n) is 2.81. The van der Waals surface area contributed by atoms with Crippen LogP contribution in [-0.2, 0) is 0 Å². The van der Waals surface area contributed by atoms with Crippen molar-refractivity contribution in [3.05, 3.63) is 48.7 Å². The molecule has 2 N–H and O–H groups in total. The highest BCUT2D eigenvalue weighted by Gasteiger charge is 2.36. The Morgan fingerprint density at radius 2 is 2.24 bits per heavy atom. The molecule has 0 aromatic carbocycles. The van der Waals surface area contributed by atoms with Gasteiger partial charge in [-0.05, 0) is 36.8 Å². The second-order valence-electron chi connectivity index (χ2n) is 4.98. The Hall–Kier alpha value is -1.28. The molecule has 1 saturated carbocycles. The van der Waals surface area contributed by atoms with Crippen molar-refractivity contribution in [2.75, 3.05) is 0 Å². The summed E-state index contributed by atoms with van der Waals surface area (Å²) in [5.74, 6) is 1.30. The van der Waals surface area contributed by atoms with Gasteiger partial charge < -0.3 is 5.43 Å². The summed E-state index contributed by atoms with van der Waals surface area (Å²) in [5.41, 5.74) is 9.17. The molecule has 0 saturated heterocycles. The normalized spacial score (nSPS) is 26.8. The van der Waals surface area contributed by atoms with E-state index in [1.165, 1.54) is 30.4 Å². The third-order valence-electron chi connectivity index (χ3n) is 3.98. The van der Waals surface area contributed by atoms with Crippen molar-refractivity contribution in [3.63, 3.8) is 0 Å². The first-order chi connectivity index (χ1) is 8.27. The largest absolute Gasteiger partial charge is 0.328 e. The summed E-state index contributed by atoms with van der Waals surface area (Å²) >= 11 is 0. The van der Waals surface area contributed by atoms with Crippen LogP contribution in [-0.4, -0.2) is 6.04 Å². The van der Waals surface area contributed by atoms with Gasteiger partial charge in [0.05, 0.1) is 6.04 Å². The maximum Gasteiger partial charge on any atom is 0.0555 e. The van der Waals surface area contributed by atoms with Crippen molar-refractivity contribution in [2.24, 2.45) is 11.8 Å². The van der Waals surface area contributed by atoms with Gasteiger partial charge in [0.25, 0.3) is 0 Å². The van der Waals surface area contributed by atoms with Crippen LogP contribution in [0.1, 0.15) is 26.2 Å². The molecule has 0 spiro atoms. The molecule has 1 fully saturated rings. The van der Waals surface area contributed by atoms with E-state index in [2.05, 4.69) is 43.2 Å². The average molecular weight is 230 g/mol. The highest BCUT2D eigenvalue weighted by atomic mass is 15.4. The molecule has 92 valence electrons. The Bertz CT molecular complexity index is 361. The van der Waals surface area contributed by atoms with Crippen LogP contribution in [0.5, 0.6) is 0 Å². The predicted octanol–water partition coefficient (Wildman–Crippen LogP) is 3.08. The maximum absolute atomic E-state index is 3.95. The second kappa shape index (κ2) is 5.37. The summed E-state index contributed by atoms with van der Waals surface area (Å²) in [6.45, 7) is 9.94. The molecule has 2 aliphatic rings. The molecule has 0 amide bonds. The molecule has 2 atom stereocenters. The van der Waals surface area contributed by atoms with Crippen molar-refractivity contribution >= 4 is 0 Å². The van der Waals surface area contributed by atoms with Crippen molar-refractivity contribution < 1.29 is 0 Å². The first kappa shape index (κ1) is 12.2. The van der Waals surface area contributed by atoms with Crippen LogP contribution >= 0.6 is 0 Å². The van der Waals surface area contributed by atoms with E-state index in [1.807, 2.05) is 12.2 Å². The molecule has 1 heterocycles. The Kier molecular flexibility index (Phi) is 3.85. The summed E-state index contributed by atoms with van der Waals surface area (Å²) in [6, 6.07) is 0.393. The molecule has 17 heavy (non-hydrogen) atoms. The van der Waals surface area contributed by atoms with E-state index in [-0.39, 0.29) is 0 Å². The molecule has 1 aliphatic heterocycles. The van der Waals surface area contributed by atoms with E-state index in [0.29, 0.717) is 12.0 Å². The smallest absolute Gasteiger partial charge is 0.0555 e. The van der Waals surface area contributed by atoms with Gasteiger partial charge in [0, 0.05) is 12.1 Å². The second-order valence-corrected chi connectivity index (χ2v) is 4.98. The molecule has 0 bridgehead atoms. The number of nitrogens with one attached hydrogen (secondary N) is 2. The molecule has 0 aromatic heterocycles. The summed E-state index contributed by atoms with van der Waals surface area (Å²) in [6.07, 6.45) is 12.0. The molecule has 2 unspecified atom stereocenters. The zero-order valence-electron chi connectivity index (χ0n) is 10.6. The van der Waals surface area contributed by atoms with Gasteiger partial charge in [-0.1, -0.05) is 37.8 Å². The van der Waals surface area contributed by atoms with Crippen molar-refractivity contribution in [2.45, 2.75) is 32.2 Å². The van der Waals surface area contributed by atoms with Gasteiger partial charge >= 0.3 is 0 Å². The number of hydrazine groups is 1. The Labute approximate surface area is 104 Å². The van der Waals surface area contributed by atoms with Gasteiger partial charge in [0.2, 0.25) is 0 Å². The Morgan fingerprint density at radius 1 is 1.47 bits per heavy atom. The van der Waals surface area contributed by atoms with Crippen molar-refractivity contribution in [1.29, 1.82) is 0 Å². The topological polar surface area (TPSA) is 24.1 Å². The molecule has 1 aliphatic carbocycles. The molecule has 0 aromatic rings. The minimum atomic E-state index is 0.393. The number of hydrogen-bond acceptors (Lipinski definition) is 2. The van der Waals surface area contributed by atoms with E-state index in [4.69, 9.17) is 0 Å². The number of allylic oxidation sites excluding steroid dienone is 3. The van der Waals surface area contributed by atoms with Crippen LogP contribution in [0.25, 0.3) is 0 Å². The summed E-state index contributed by atoms with van der Waals surface area (Å²) in [5, 5.41) is 0. The number of hydrogen-bond donors (Lipinski definition) is 2. The lowest BCUT2D eigenvalue weighted by Crippen LogP contribution is -2.43. The molecule has 2 nitrogen and oxygen atoms in total. The number of rotatable bonds is 5. The van der Waals surface area contributed by atoms with E-state index in [1.54, 1.807) is 0 Å². The molecular weight excluding hydrogens is 208 g/mol. The van der Waals surface area contributed by atoms with Gasteiger partial charge in [0.1, 0.15) is 0 Å². The Morgan fingerprint density at radius 3 is 2.65 bits per heavy atom. The van der Waals surface area contributed by atoms with E-state index in [9.17, 15) is 0 Å². The average Bonchev–Trinajstić information content (AvgIpc) is 2.66. The minimum Gasteiger partial charge on any atom is -0.328 e. The van der Waals surface area contributed by atoms with Crippen LogP contribution in [0, 0.1) is 11.8 Å². The van der Waals surface area contributed by atoms with Gasteiger partial charge in [-0.25, -0.2) is 5.43 Å². The van der Waals surface area contributed by atoms with Crippen molar-refractivity contribution in [3.8, 4) is 0 Å². The lowest BCUT2D eigenvalue weighted by molar-refractivity contribution is 0.205. The molecular formula is C15H22N2. The van der Waals surface area contributed by atoms with Crippen LogP contribution in [0.15, 0.2) is 48.7 Å². The fourth-order valence-corrected chi connectivity index (χ4v) is 2.81. The van der Waals surface area contributed by atoms with Crippen LogP contribution < -0.4 is 10.9 Å². The first-order valence-electron chi connectivity index (χ1n) is 6.40. The van der Waals surface area contributed by atoms with E-state index < -0.39 is 0 Å². The van der Waals surface area contributed by atoms with Gasteiger partial charge in [-0.3, -0.25) is 0 Å². The zero-order valence-corrected chi connectivity index (χ0v) is 10.6. The summed E-state index contributed by atoms with van der Waals surface area (Å²) in [7, 11) is 0. The first-order valence-corrected chi connectivity index (χ1v) is 6.40. The highest BCUT2D eigenvalue weighted by Crippen LogP contribution is 2.41. The van der Waals surface area contributed by atoms with Gasteiger partial charge in [-0.15, -0.1) is 0 Å². The molecule has 0 radical (unpaired) electrons. The van der Waals surface area contributed by atoms with Gasteiger partial charge in [-0.2, -0.15) is 0 Å². The summed E-state index contributed by atoms with van der Waals surface area (Å²) < 4.78 is 0. The Balaban J connectivity index is 2.23. The van der Waals surface area contributed by atoms with Crippen molar-refractivity contribution in [1.82, 2.24) is 10.9 Å². The SMILES string of the molecule is C=C/C=C(\C=C)C(C1CCC1)C1NNC=C1C. The van der Waals surface area contributed by atoms with Crippen LogP contribution in [0.3, 0.4) is 0 Å². The predicted molar refractivity (Wildman–Crippen MR) is 73.1 cm³/mol. The van der Waals surface area contributed by atoms with Gasteiger partial charge in [0.15, 0.2) is 0 Å². The third kappa shape index (κ3) is 2.37. The van der Waals surface area contributed by atoms with Crippen LogP contribution in [0.4, 0.5) is 0 Å². The van der Waals surface area contributed by atoms with Crippen LogP contribution in [0.2, 0.25) is 0 Å². The standard InChI is InChI=1S/C15H22N2/c1-4-7-12(5-2)14(13-8-6-9-13)15-11(3)10-16-17-15/h4-5,7,10,13-17H,1-2,6,8-9H2,3H3/b12-7+. The van der Waals surface area contributed by atoms with E-state index >= 15 is 0 Å². The lowest BCUT2D eigenvalue weighted by atomic mass is 9.68. The fraction of sp³-hybridized carbons (Fsp3) is 0.467. The lowest BCUT2D eigenvalue weighted by Gasteiger charge is -2.38. The third-order valence-corrected chi connectivity index (χ3v) is 3.98. The highest BCUT2D eigenvalue weighted by molar-refractivity contribution is 5.31.